The van der Waals surface area contributed by atoms with Gasteiger partial charge in [0.25, 0.3) is 5.92 Å². The Morgan fingerprint density at radius 2 is 1.90 bits per heavy atom. The van der Waals surface area contributed by atoms with E-state index in [2.05, 4.69) is 30.4 Å². The van der Waals surface area contributed by atoms with Gasteiger partial charge in [0.05, 0.1) is 16.8 Å². The van der Waals surface area contributed by atoms with Gasteiger partial charge in [0.1, 0.15) is 0 Å². The van der Waals surface area contributed by atoms with Crippen LogP contribution in [0.15, 0.2) is 42.5 Å². The van der Waals surface area contributed by atoms with Gasteiger partial charge in [0.2, 0.25) is 0 Å². The number of rotatable bonds is 13. The van der Waals surface area contributed by atoms with Gasteiger partial charge in [0, 0.05) is 47.5 Å². The Bertz CT molecular complexity index is 2060. The van der Waals surface area contributed by atoms with Gasteiger partial charge in [0.15, 0.2) is 39.2 Å². The second-order valence-corrected chi connectivity index (χ2v) is 15.5. The van der Waals surface area contributed by atoms with E-state index >= 15 is 0 Å². The number of halogens is 3. The molecule has 0 radical (unpaired) electrons. The van der Waals surface area contributed by atoms with Crippen molar-refractivity contribution < 1.29 is 27.8 Å². The van der Waals surface area contributed by atoms with E-state index in [9.17, 15) is 23.1 Å². The maximum atomic E-state index is 14.9. The highest BCUT2D eigenvalue weighted by Crippen LogP contribution is 2.59. The van der Waals surface area contributed by atoms with Gasteiger partial charge in [-0.2, -0.15) is 0 Å². The first-order chi connectivity index (χ1) is 24.7. The van der Waals surface area contributed by atoms with Crippen molar-refractivity contribution in [2.45, 2.75) is 51.4 Å². The minimum absolute atomic E-state index is 0.00358. The Morgan fingerprint density at radius 3 is 2.69 bits per heavy atom. The number of hydrogen-bond donors (Lipinski definition) is 2. The average molecular weight is 736 g/mol. The Labute approximate surface area is 300 Å². The summed E-state index contributed by atoms with van der Waals surface area (Å²) in [6.45, 7) is 4.45. The van der Waals surface area contributed by atoms with Crippen LogP contribution in [0.5, 0.6) is 5.75 Å². The zero-order valence-corrected chi connectivity index (χ0v) is 29.5. The lowest BCUT2D eigenvalue weighted by Crippen LogP contribution is -2.28. The number of para-hydroxylation sites is 1. The smallest absolute Gasteiger partial charge is 0.355 e. The molecule has 266 valence electrons. The molecule has 1 saturated heterocycles. The lowest BCUT2D eigenvalue weighted by molar-refractivity contribution is 0.0532. The molecule has 2 aliphatic heterocycles. The van der Waals surface area contributed by atoms with E-state index in [0.717, 1.165) is 57.8 Å². The minimum Gasteiger partial charge on any atom is -0.491 e. The molecule has 2 N–H and O–H groups in total. The molecule has 5 aromatic rings. The number of benzene rings is 2. The third-order valence-electron chi connectivity index (χ3n) is 10.0. The largest absolute Gasteiger partial charge is 0.491 e. The molecule has 51 heavy (non-hydrogen) atoms. The number of aromatic carboxylic acids is 1. The fourth-order valence-electron chi connectivity index (χ4n) is 7.21. The van der Waals surface area contributed by atoms with E-state index < -0.39 is 29.5 Å². The van der Waals surface area contributed by atoms with Crippen molar-refractivity contribution in [2.24, 2.45) is 11.8 Å². The minimum atomic E-state index is -2.48. The number of nitrogens with one attached hydrogen (secondary N) is 1. The van der Waals surface area contributed by atoms with E-state index in [4.69, 9.17) is 4.74 Å². The molecule has 0 bridgehead atoms. The number of likely N-dealkylation sites (tertiary alicyclic amines) is 1. The van der Waals surface area contributed by atoms with Gasteiger partial charge >= 0.3 is 5.97 Å². The Kier molecular flexibility index (Phi) is 9.05. The van der Waals surface area contributed by atoms with Crippen molar-refractivity contribution in [1.82, 2.24) is 25.1 Å². The number of nitrogens with zero attached hydrogens (tertiary/aromatic N) is 6. The van der Waals surface area contributed by atoms with Crippen molar-refractivity contribution in [3.8, 4) is 5.75 Å². The monoisotopic (exact) mass is 735 g/mol. The highest BCUT2D eigenvalue weighted by molar-refractivity contribution is 7.22. The number of aryl methyl sites for hydroxylation is 2. The third-order valence-corrected chi connectivity index (χ3v) is 12.1. The molecule has 2 atom stereocenters. The predicted octanol–water partition coefficient (Wildman–Crippen LogP) is 7.66. The summed E-state index contributed by atoms with van der Waals surface area (Å²) in [6.07, 6.45) is 3.95. The average Bonchev–Trinajstić information content (AvgIpc) is 3.66. The number of ether oxygens (including phenoxy) is 1. The van der Waals surface area contributed by atoms with Crippen molar-refractivity contribution in [3.05, 3.63) is 75.5 Å². The summed E-state index contributed by atoms with van der Waals surface area (Å²) >= 11 is 2.86. The molecule has 1 saturated carbocycles. The zero-order valence-electron chi connectivity index (χ0n) is 27.9. The highest BCUT2D eigenvalue weighted by atomic mass is 32.1. The first-order valence-corrected chi connectivity index (χ1v) is 18.8. The van der Waals surface area contributed by atoms with Crippen LogP contribution in [0.1, 0.15) is 51.3 Å². The van der Waals surface area contributed by atoms with E-state index in [-0.39, 0.29) is 18.1 Å². The van der Waals surface area contributed by atoms with Crippen LogP contribution in [0, 0.1) is 24.6 Å². The quantitative estimate of drug-likeness (QED) is 0.117. The van der Waals surface area contributed by atoms with Crippen LogP contribution < -0.4 is 15.0 Å². The molecule has 0 unspecified atom stereocenters. The zero-order chi connectivity index (χ0) is 35.3. The fourth-order valence-corrected chi connectivity index (χ4v) is 9.20. The van der Waals surface area contributed by atoms with Crippen LogP contribution in [0.3, 0.4) is 0 Å². The number of carboxylic acid groups (broad SMARTS) is 1. The Morgan fingerprint density at radius 1 is 1.08 bits per heavy atom. The summed E-state index contributed by atoms with van der Waals surface area (Å²) in [7, 11) is 0. The second kappa shape index (κ2) is 13.7. The SMILES string of the molecule is Cc1c(Nc2nc3ccccc3s2)nnc2c1CCCN2c1nc(C(=O)O)c(CCCOc2ccc(CCCN3C[C@@H]4[C@H](C3)C4(F)F)cc2F)s1. The number of carbonyl (C=O) groups is 1. The maximum absolute atomic E-state index is 14.9. The van der Waals surface area contributed by atoms with Crippen molar-refractivity contribution >= 4 is 60.8 Å². The molecule has 10 nitrogen and oxygen atoms in total. The number of fused-ring (bicyclic) bond motifs is 3. The molecular formula is C36H36F3N7O3S2. The first-order valence-electron chi connectivity index (χ1n) is 17.2. The van der Waals surface area contributed by atoms with E-state index in [1.54, 1.807) is 17.4 Å². The molecule has 2 aromatic carbocycles. The molecule has 8 rings (SSSR count). The van der Waals surface area contributed by atoms with Gasteiger partial charge in [-0.15, -0.1) is 21.5 Å². The molecule has 15 heteroatoms. The number of anilines is 4. The molecule has 2 fully saturated rings. The molecule has 5 heterocycles. The number of piperidine rings is 1. The van der Waals surface area contributed by atoms with Gasteiger partial charge in [-0.05, 0) is 81.8 Å². The summed E-state index contributed by atoms with van der Waals surface area (Å²) < 4.78 is 48.5. The molecule has 1 aliphatic carbocycles. The standard InChI is InChI=1S/C36H36F3N7O3S2/c1-20-22-8-5-15-46(32(22)44-43-31(20)42-34-40-26-9-2-3-10-28(26)50-34)35-41-30(33(47)48)29(51-35)11-6-16-49-27-13-12-21(17-25(27)37)7-4-14-45-18-23-24(19-45)36(23,38)39/h2-3,9-10,12-13,17,23-24H,4-8,11,14-16,18-19H2,1H3,(H,47,48)(H,40,42,43)/t23-,24+. The second-order valence-electron chi connectivity index (χ2n) is 13.4. The number of carboxylic acids is 1. The molecule has 0 amide bonds. The van der Waals surface area contributed by atoms with Crippen LogP contribution in [-0.4, -0.2) is 74.8 Å². The van der Waals surface area contributed by atoms with Crippen molar-refractivity contribution in [3.63, 3.8) is 0 Å². The predicted molar refractivity (Wildman–Crippen MR) is 191 cm³/mol. The maximum Gasteiger partial charge on any atom is 0.355 e. The highest BCUT2D eigenvalue weighted by Gasteiger charge is 2.71. The third kappa shape index (κ3) is 6.74. The van der Waals surface area contributed by atoms with Crippen LogP contribution >= 0.6 is 22.7 Å². The molecular weight excluding hydrogens is 700 g/mol. The first kappa shape index (κ1) is 33.8. The lowest BCUT2D eigenvalue weighted by Gasteiger charge is -2.28. The van der Waals surface area contributed by atoms with Crippen LogP contribution in [0.25, 0.3) is 10.2 Å². The number of hydrogen-bond acceptors (Lipinski definition) is 11. The van der Waals surface area contributed by atoms with E-state index in [1.807, 2.05) is 42.2 Å². The number of aromatic nitrogens is 4. The molecule has 0 spiro atoms. The molecule has 3 aromatic heterocycles. The van der Waals surface area contributed by atoms with Crippen molar-refractivity contribution in [2.75, 3.05) is 43.0 Å². The number of alkyl halides is 2. The van der Waals surface area contributed by atoms with Gasteiger partial charge in [-0.1, -0.05) is 29.5 Å². The van der Waals surface area contributed by atoms with Gasteiger partial charge in [-0.3, -0.25) is 0 Å². The Hall–Kier alpha value is -4.34. The van der Waals surface area contributed by atoms with Crippen LogP contribution in [0.4, 0.5) is 35.1 Å². The van der Waals surface area contributed by atoms with E-state index in [0.29, 0.717) is 60.5 Å². The lowest BCUT2D eigenvalue weighted by atomic mass is 10.0. The van der Waals surface area contributed by atoms with Crippen molar-refractivity contribution in [1.29, 1.82) is 0 Å². The normalized spacial score (nSPS) is 19.3. The van der Waals surface area contributed by atoms with Gasteiger partial charge < -0.3 is 25.0 Å². The summed E-state index contributed by atoms with van der Waals surface area (Å²) in [5.74, 6) is -3.57. The Balaban J connectivity index is 0.870. The topological polar surface area (TPSA) is 117 Å². The summed E-state index contributed by atoms with van der Waals surface area (Å²) in [6, 6.07) is 12.8. The van der Waals surface area contributed by atoms with Gasteiger partial charge in [-0.25, -0.2) is 27.9 Å². The summed E-state index contributed by atoms with van der Waals surface area (Å²) in [5, 5.41) is 23.6. The van der Waals surface area contributed by atoms with Crippen LogP contribution in [-0.2, 0) is 19.3 Å². The summed E-state index contributed by atoms with van der Waals surface area (Å²) in [4.78, 5) is 26.0. The molecule has 3 aliphatic rings. The number of thiazole rings is 2. The van der Waals surface area contributed by atoms with E-state index in [1.165, 1.54) is 17.4 Å². The fraction of sp³-hybridized carbons (Fsp3) is 0.417. The summed E-state index contributed by atoms with van der Waals surface area (Å²) in [5.41, 5.74) is 3.74. The van der Waals surface area contributed by atoms with Crippen LogP contribution in [0.2, 0.25) is 0 Å².